The van der Waals surface area contributed by atoms with Crippen molar-refractivity contribution in [3.8, 4) is 0 Å². The Balaban J connectivity index is 1.37. The molecule has 0 bridgehead atoms. The van der Waals surface area contributed by atoms with Crippen molar-refractivity contribution in [2.75, 3.05) is 31.5 Å². The Morgan fingerprint density at radius 1 is 0.917 bits per heavy atom. The number of hydrogen-bond donors (Lipinski definition) is 1. The van der Waals surface area contributed by atoms with E-state index in [2.05, 4.69) is 44.3 Å². The first kappa shape index (κ1) is 25.9. The number of rotatable bonds is 6. The summed E-state index contributed by atoms with van der Waals surface area (Å²) in [5, 5.41) is 3.27. The molecule has 0 aliphatic carbocycles. The number of ketones is 1. The number of benzene rings is 2. The molecule has 6 nitrogen and oxygen atoms in total. The first-order valence-electron chi connectivity index (χ1n) is 13.3. The highest BCUT2D eigenvalue weighted by molar-refractivity contribution is 5.97. The van der Waals surface area contributed by atoms with Gasteiger partial charge in [0.25, 0.3) is 5.91 Å². The average molecular weight is 490 g/mol. The Morgan fingerprint density at radius 3 is 2.11 bits per heavy atom. The topological polar surface area (TPSA) is 69.7 Å². The van der Waals surface area contributed by atoms with Crippen molar-refractivity contribution in [2.45, 2.75) is 65.7 Å². The number of amides is 3. The maximum atomic E-state index is 13.3. The number of likely N-dealkylation sites (tertiary alicyclic amines) is 2. The van der Waals surface area contributed by atoms with Gasteiger partial charge in [0.1, 0.15) is 0 Å². The van der Waals surface area contributed by atoms with E-state index < -0.39 is 0 Å². The van der Waals surface area contributed by atoms with Crippen LogP contribution in [0.4, 0.5) is 10.5 Å². The molecule has 6 heteroatoms. The van der Waals surface area contributed by atoms with Gasteiger partial charge in [-0.15, -0.1) is 0 Å². The van der Waals surface area contributed by atoms with Crippen LogP contribution >= 0.6 is 0 Å². The zero-order chi connectivity index (χ0) is 25.9. The second kappa shape index (κ2) is 10.9. The van der Waals surface area contributed by atoms with Crippen molar-refractivity contribution in [3.63, 3.8) is 0 Å². The van der Waals surface area contributed by atoms with Crippen molar-refractivity contribution in [1.29, 1.82) is 0 Å². The first-order chi connectivity index (χ1) is 17.2. The highest BCUT2D eigenvalue weighted by atomic mass is 16.2. The predicted molar refractivity (Wildman–Crippen MR) is 144 cm³/mol. The van der Waals surface area contributed by atoms with E-state index in [1.54, 1.807) is 24.3 Å². The second-order valence-electron chi connectivity index (χ2n) is 10.8. The maximum absolute atomic E-state index is 13.3. The lowest BCUT2D eigenvalue weighted by Gasteiger charge is -2.39. The summed E-state index contributed by atoms with van der Waals surface area (Å²) in [6.07, 6.45) is 4.76. The molecule has 0 atom stereocenters. The summed E-state index contributed by atoms with van der Waals surface area (Å²) in [5.41, 5.74) is 4.69. The lowest BCUT2D eigenvalue weighted by Crippen LogP contribution is -2.45. The van der Waals surface area contributed by atoms with Crippen molar-refractivity contribution in [3.05, 3.63) is 64.7 Å². The summed E-state index contributed by atoms with van der Waals surface area (Å²) in [4.78, 5) is 41.7. The third-order valence-corrected chi connectivity index (χ3v) is 7.93. The number of nitrogens with zero attached hydrogens (tertiary/aromatic N) is 2. The molecule has 36 heavy (non-hydrogen) atoms. The van der Waals surface area contributed by atoms with Gasteiger partial charge in [0.15, 0.2) is 5.78 Å². The van der Waals surface area contributed by atoms with Crippen molar-refractivity contribution in [2.24, 2.45) is 5.41 Å². The molecule has 0 aromatic heterocycles. The first-order valence-corrected chi connectivity index (χ1v) is 13.3. The number of anilines is 1. The summed E-state index contributed by atoms with van der Waals surface area (Å²) < 4.78 is 0. The van der Waals surface area contributed by atoms with Gasteiger partial charge in [0, 0.05) is 43.0 Å². The number of para-hydroxylation sites is 1. The second-order valence-corrected chi connectivity index (χ2v) is 10.8. The van der Waals surface area contributed by atoms with Gasteiger partial charge in [-0.1, -0.05) is 57.5 Å². The predicted octanol–water partition coefficient (Wildman–Crippen LogP) is 6.13. The van der Waals surface area contributed by atoms with E-state index >= 15 is 0 Å². The third-order valence-electron chi connectivity index (χ3n) is 7.93. The average Bonchev–Trinajstić information content (AvgIpc) is 3.28. The minimum absolute atomic E-state index is 0.00183. The van der Waals surface area contributed by atoms with Crippen LogP contribution in [-0.2, 0) is 6.42 Å². The van der Waals surface area contributed by atoms with E-state index in [0.717, 1.165) is 50.9 Å². The van der Waals surface area contributed by atoms with E-state index in [-0.39, 0.29) is 23.1 Å². The Bertz CT molecular complexity index is 1110. The molecule has 2 saturated heterocycles. The molecule has 0 unspecified atom stereocenters. The van der Waals surface area contributed by atoms with Gasteiger partial charge in [-0.2, -0.15) is 0 Å². The number of piperidine rings is 1. The molecule has 2 aromatic carbocycles. The molecule has 1 N–H and O–H groups in total. The van der Waals surface area contributed by atoms with Gasteiger partial charge in [-0.3, -0.25) is 9.59 Å². The quantitative estimate of drug-likeness (QED) is 0.497. The minimum atomic E-state index is -0.0126. The molecule has 2 aromatic rings. The lowest BCUT2D eigenvalue weighted by atomic mass is 9.77. The van der Waals surface area contributed by atoms with E-state index in [9.17, 15) is 14.4 Å². The fourth-order valence-corrected chi connectivity index (χ4v) is 5.65. The van der Waals surface area contributed by atoms with E-state index in [1.807, 2.05) is 9.80 Å². The van der Waals surface area contributed by atoms with Crippen molar-refractivity contribution < 1.29 is 14.4 Å². The maximum Gasteiger partial charge on any atom is 0.321 e. The number of aryl methyl sites for hydroxylation is 1. The number of Topliss-reactive ketones (excluding diaryl/α,β-unsaturated/α-hetero) is 1. The highest BCUT2D eigenvalue weighted by Crippen LogP contribution is 2.41. The summed E-state index contributed by atoms with van der Waals surface area (Å²) in [7, 11) is 0. The fraction of sp³-hybridized carbons (Fsp3) is 0.500. The fourth-order valence-electron chi connectivity index (χ4n) is 5.65. The molecule has 1 spiro atoms. The molecule has 0 radical (unpaired) electrons. The minimum Gasteiger partial charge on any atom is -0.339 e. The molecular weight excluding hydrogens is 450 g/mol. The van der Waals surface area contributed by atoms with Crippen LogP contribution in [0.25, 0.3) is 0 Å². The standard InChI is InChI=1S/C30H39N3O3/c1-5-7-24-8-6-9-26(21(2)3)27(24)31-29(36)33-19-16-30(20-33)14-17-32(18-15-30)28(35)25-12-10-23(11-13-25)22(4)34/h6,8-13,21H,5,7,14-20H2,1-4H3,(H,31,36). The van der Waals surface area contributed by atoms with Crippen LogP contribution in [-0.4, -0.2) is 53.7 Å². The Labute approximate surface area is 215 Å². The third kappa shape index (κ3) is 5.48. The zero-order valence-corrected chi connectivity index (χ0v) is 22.1. The molecule has 2 heterocycles. The van der Waals surface area contributed by atoms with Crippen molar-refractivity contribution in [1.82, 2.24) is 9.80 Å². The van der Waals surface area contributed by atoms with Crippen LogP contribution in [0.1, 0.15) is 91.1 Å². The summed E-state index contributed by atoms with van der Waals surface area (Å²) >= 11 is 0. The molecule has 192 valence electrons. The zero-order valence-electron chi connectivity index (χ0n) is 22.1. The summed E-state index contributed by atoms with van der Waals surface area (Å²) in [6, 6.07) is 13.2. The number of hydrogen-bond acceptors (Lipinski definition) is 3. The molecule has 4 rings (SSSR count). The highest BCUT2D eigenvalue weighted by Gasteiger charge is 2.43. The molecule has 2 fully saturated rings. The summed E-state index contributed by atoms with van der Waals surface area (Å²) in [6.45, 7) is 10.9. The Hall–Kier alpha value is -3.15. The van der Waals surface area contributed by atoms with Crippen LogP contribution in [0, 0.1) is 5.41 Å². The lowest BCUT2D eigenvalue weighted by molar-refractivity contribution is 0.0594. The van der Waals surface area contributed by atoms with Gasteiger partial charge in [0.2, 0.25) is 0 Å². The molecule has 3 amide bonds. The Kier molecular flexibility index (Phi) is 7.82. The van der Waals surface area contributed by atoms with E-state index in [1.165, 1.54) is 18.1 Å². The van der Waals surface area contributed by atoms with Gasteiger partial charge in [-0.25, -0.2) is 4.79 Å². The van der Waals surface area contributed by atoms with E-state index in [0.29, 0.717) is 30.1 Å². The monoisotopic (exact) mass is 489 g/mol. The van der Waals surface area contributed by atoms with Crippen molar-refractivity contribution >= 4 is 23.4 Å². The molecule has 2 aliphatic rings. The van der Waals surface area contributed by atoms with Crippen LogP contribution in [0.15, 0.2) is 42.5 Å². The normalized spacial score (nSPS) is 17.0. The van der Waals surface area contributed by atoms with Crippen LogP contribution in [0.5, 0.6) is 0 Å². The largest absolute Gasteiger partial charge is 0.339 e. The SMILES string of the molecule is CCCc1cccc(C(C)C)c1NC(=O)N1CCC2(CCN(C(=O)c3ccc(C(C)=O)cc3)CC2)C1. The van der Waals surface area contributed by atoms with Crippen LogP contribution in [0.2, 0.25) is 0 Å². The Morgan fingerprint density at radius 2 is 1.53 bits per heavy atom. The van der Waals surface area contributed by atoms with E-state index in [4.69, 9.17) is 0 Å². The molecule has 0 saturated carbocycles. The van der Waals surface area contributed by atoms with Gasteiger partial charge in [-0.05, 0) is 67.2 Å². The number of carbonyl (C=O) groups excluding carboxylic acids is 3. The molecular formula is C30H39N3O3. The van der Waals surface area contributed by atoms with Gasteiger partial charge >= 0.3 is 6.03 Å². The smallest absolute Gasteiger partial charge is 0.321 e. The number of urea groups is 1. The number of nitrogens with one attached hydrogen (secondary N) is 1. The van der Waals surface area contributed by atoms with Gasteiger partial charge in [0.05, 0.1) is 0 Å². The van der Waals surface area contributed by atoms with Crippen LogP contribution in [0.3, 0.4) is 0 Å². The molecule has 2 aliphatic heterocycles. The van der Waals surface area contributed by atoms with Crippen LogP contribution < -0.4 is 5.32 Å². The van der Waals surface area contributed by atoms with Gasteiger partial charge < -0.3 is 15.1 Å². The summed E-state index contributed by atoms with van der Waals surface area (Å²) in [5.74, 6) is 0.349. The number of carbonyl (C=O) groups is 3.